The fourth-order valence-electron chi connectivity index (χ4n) is 2.52. The van der Waals surface area contributed by atoms with E-state index in [2.05, 4.69) is 22.3 Å². The Morgan fingerprint density at radius 3 is 2.55 bits per heavy atom. The predicted molar refractivity (Wildman–Crippen MR) is 79.8 cm³/mol. The van der Waals surface area contributed by atoms with Gasteiger partial charge in [-0.05, 0) is 44.2 Å². The number of hydrogen-bond acceptors (Lipinski definition) is 4. The predicted octanol–water partition coefficient (Wildman–Crippen LogP) is 0.0677. The van der Waals surface area contributed by atoms with E-state index in [4.69, 9.17) is 0 Å². The van der Waals surface area contributed by atoms with Crippen LogP contribution in [-0.2, 0) is 14.8 Å². The molecule has 1 atom stereocenters. The maximum Gasteiger partial charge on any atom is 0.220 e. The first kappa shape index (κ1) is 17.4. The van der Waals surface area contributed by atoms with Crippen molar-refractivity contribution in [2.75, 3.05) is 32.4 Å². The molecule has 0 aliphatic carbocycles. The normalized spacial score (nSPS) is 18.7. The summed E-state index contributed by atoms with van der Waals surface area (Å²) in [6.45, 7) is 5.12. The molecule has 3 N–H and O–H groups in total. The van der Waals surface area contributed by atoms with Crippen molar-refractivity contribution >= 4 is 15.9 Å². The van der Waals surface area contributed by atoms with Crippen molar-refractivity contribution in [1.29, 1.82) is 0 Å². The van der Waals surface area contributed by atoms with Crippen LogP contribution < -0.4 is 15.4 Å². The van der Waals surface area contributed by atoms with Crippen molar-refractivity contribution in [3.63, 3.8) is 0 Å². The van der Waals surface area contributed by atoms with Crippen LogP contribution in [0.5, 0.6) is 0 Å². The quantitative estimate of drug-likeness (QED) is 0.554. The molecule has 0 aromatic rings. The summed E-state index contributed by atoms with van der Waals surface area (Å²) in [4.78, 5) is 11.8. The molecule has 1 saturated heterocycles. The van der Waals surface area contributed by atoms with Crippen molar-refractivity contribution in [3.8, 4) is 0 Å². The van der Waals surface area contributed by atoms with E-state index in [1.54, 1.807) is 0 Å². The molecule has 0 saturated carbocycles. The molecule has 118 valence electrons. The lowest BCUT2D eigenvalue weighted by molar-refractivity contribution is -0.122. The minimum absolute atomic E-state index is 0.0652. The van der Waals surface area contributed by atoms with Gasteiger partial charge in [0.1, 0.15) is 0 Å². The van der Waals surface area contributed by atoms with Crippen LogP contribution in [0.3, 0.4) is 0 Å². The summed E-state index contributed by atoms with van der Waals surface area (Å²) in [6, 6.07) is 0. The number of nitrogens with one attached hydrogen (secondary N) is 3. The van der Waals surface area contributed by atoms with Gasteiger partial charge in [-0.1, -0.05) is 6.92 Å². The van der Waals surface area contributed by atoms with E-state index in [-0.39, 0.29) is 5.91 Å². The third kappa shape index (κ3) is 7.81. The first-order valence-electron chi connectivity index (χ1n) is 7.30. The Morgan fingerprint density at radius 1 is 1.30 bits per heavy atom. The molecule has 20 heavy (non-hydrogen) atoms. The Morgan fingerprint density at radius 2 is 1.95 bits per heavy atom. The second-order valence-corrected chi connectivity index (χ2v) is 7.47. The van der Waals surface area contributed by atoms with Crippen LogP contribution in [-0.4, -0.2) is 46.8 Å². The fourth-order valence-corrected chi connectivity index (χ4v) is 3.03. The molecule has 0 bridgehead atoms. The smallest absolute Gasteiger partial charge is 0.220 e. The highest BCUT2D eigenvalue weighted by Crippen LogP contribution is 2.23. The molecule has 0 radical (unpaired) electrons. The molecule has 1 aliphatic heterocycles. The van der Waals surface area contributed by atoms with Crippen LogP contribution in [0.1, 0.15) is 32.6 Å². The zero-order valence-electron chi connectivity index (χ0n) is 12.4. The largest absolute Gasteiger partial charge is 0.356 e. The maximum absolute atomic E-state index is 11.8. The molecule has 1 fully saturated rings. The van der Waals surface area contributed by atoms with Gasteiger partial charge in [-0.2, -0.15) is 0 Å². The second-order valence-electron chi connectivity index (χ2n) is 5.64. The SMILES string of the molecule is CC(CC(=O)NCCCNS(C)(=O)=O)C1CCNCC1. The van der Waals surface area contributed by atoms with Crippen LogP contribution in [0.2, 0.25) is 0 Å². The molecule has 7 heteroatoms. The summed E-state index contributed by atoms with van der Waals surface area (Å²) >= 11 is 0. The molecule has 6 nitrogen and oxygen atoms in total. The van der Waals surface area contributed by atoms with Crippen LogP contribution in [0.15, 0.2) is 0 Å². The van der Waals surface area contributed by atoms with Crippen molar-refractivity contribution in [2.45, 2.75) is 32.6 Å². The second kappa shape index (κ2) is 8.59. The summed E-state index contributed by atoms with van der Waals surface area (Å²) in [5.41, 5.74) is 0. The number of hydrogen-bond donors (Lipinski definition) is 3. The molecular weight excluding hydrogens is 278 g/mol. The lowest BCUT2D eigenvalue weighted by Gasteiger charge is -2.27. The maximum atomic E-state index is 11.8. The summed E-state index contributed by atoms with van der Waals surface area (Å²) in [5, 5.41) is 6.18. The molecule has 0 spiro atoms. The highest BCUT2D eigenvalue weighted by Gasteiger charge is 2.21. The Kier molecular flexibility index (Phi) is 7.47. The highest BCUT2D eigenvalue weighted by atomic mass is 32.2. The molecule has 0 aromatic carbocycles. The fraction of sp³-hybridized carbons (Fsp3) is 0.923. The van der Waals surface area contributed by atoms with Gasteiger partial charge >= 0.3 is 0 Å². The van der Waals surface area contributed by atoms with E-state index >= 15 is 0 Å². The zero-order chi connectivity index (χ0) is 15.0. The van der Waals surface area contributed by atoms with Gasteiger partial charge in [-0.25, -0.2) is 13.1 Å². The number of rotatable bonds is 8. The highest BCUT2D eigenvalue weighted by molar-refractivity contribution is 7.88. The first-order chi connectivity index (χ1) is 9.38. The third-order valence-corrected chi connectivity index (χ3v) is 4.46. The lowest BCUT2D eigenvalue weighted by atomic mass is 9.84. The van der Waals surface area contributed by atoms with Gasteiger partial charge in [-0.15, -0.1) is 0 Å². The van der Waals surface area contributed by atoms with Crippen LogP contribution in [0, 0.1) is 11.8 Å². The first-order valence-corrected chi connectivity index (χ1v) is 9.19. The number of piperidine rings is 1. The lowest BCUT2D eigenvalue weighted by Crippen LogP contribution is -2.34. The molecule has 1 rings (SSSR count). The number of sulfonamides is 1. The Hall–Kier alpha value is -0.660. The standard InChI is InChI=1S/C13H27N3O3S/c1-11(12-4-8-14-9-5-12)10-13(17)15-6-3-7-16-20(2,18)19/h11-12,14,16H,3-10H2,1-2H3,(H,15,17). The molecular formula is C13H27N3O3S. The topological polar surface area (TPSA) is 87.3 Å². The molecule has 0 aromatic heterocycles. The Balaban J connectivity index is 2.10. The summed E-state index contributed by atoms with van der Waals surface area (Å²) < 4.78 is 24.1. The van der Waals surface area contributed by atoms with Crippen LogP contribution in [0.4, 0.5) is 0 Å². The average molecular weight is 305 g/mol. The minimum atomic E-state index is -3.13. The summed E-state index contributed by atoms with van der Waals surface area (Å²) in [6.07, 6.45) is 4.59. The van der Waals surface area contributed by atoms with Gasteiger partial charge in [0.2, 0.25) is 15.9 Å². The molecule has 1 heterocycles. The monoisotopic (exact) mass is 305 g/mol. The van der Waals surface area contributed by atoms with Gasteiger partial charge in [0.15, 0.2) is 0 Å². The van der Waals surface area contributed by atoms with Gasteiger partial charge in [0, 0.05) is 19.5 Å². The Labute approximate surface area is 122 Å². The van der Waals surface area contributed by atoms with Gasteiger partial charge in [0.05, 0.1) is 6.26 Å². The number of carbonyl (C=O) groups excluding carboxylic acids is 1. The van der Waals surface area contributed by atoms with Gasteiger partial charge < -0.3 is 10.6 Å². The molecule has 1 unspecified atom stereocenters. The van der Waals surface area contributed by atoms with Crippen molar-refractivity contribution in [3.05, 3.63) is 0 Å². The molecule has 1 aliphatic rings. The van der Waals surface area contributed by atoms with E-state index in [1.807, 2.05) is 0 Å². The van der Waals surface area contributed by atoms with Crippen LogP contribution >= 0.6 is 0 Å². The number of carbonyl (C=O) groups is 1. The minimum Gasteiger partial charge on any atom is -0.356 e. The average Bonchev–Trinajstić information content (AvgIpc) is 2.38. The van der Waals surface area contributed by atoms with E-state index < -0.39 is 10.0 Å². The van der Waals surface area contributed by atoms with Gasteiger partial charge in [-0.3, -0.25) is 4.79 Å². The van der Waals surface area contributed by atoms with E-state index in [1.165, 1.54) is 0 Å². The Bertz CT molecular complexity index is 392. The zero-order valence-corrected chi connectivity index (χ0v) is 13.3. The number of amides is 1. The van der Waals surface area contributed by atoms with E-state index in [0.717, 1.165) is 32.2 Å². The van der Waals surface area contributed by atoms with E-state index in [9.17, 15) is 13.2 Å². The van der Waals surface area contributed by atoms with Crippen molar-refractivity contribution in [2.24, 2.45) is 11.8 Å². The van der Waals surface area contributed by atoms with Crippen LogP contribution in [0.25, 0.3) is 0 Å². The molecule has 1 amide bonds. The van der Waals surface area contributed by atoms with Gasteiger partial charge in [0.25, 0.3) is 0 Å². The third-order valence-electron chi connectivity index (χ3n) is 3.74. The van der Waals surface area contributed by atoms with Crippen molar-refractivity contribution < 1.29 is 13.2 Å². The summed E-state index contributed by atoms with van der Waals surface area (Å²) in [7, 11) is -3.13. The van der Waals surface area contributed by atoms with Crippen molar-refractivity contribution in [1.82, 2.24) is 15.4 Å². The van der Waals surface area contributed by atoms with E-state index in [0.29, 0.717) is 37.8 Å². The summed E-state index contributed by atoms with van der Waals surface area (Å²) in [5.74, 6) is 1.11.